The Labute approximate surface area is 135 Å². The summed E-state index contributed by atoms with van der Waals surface area (Å²) in [6, 6.07) is 6.25. The third-order valence-electron chi connectivity index (χ3n) is 3.06. The Hall–Kier alpha value is -2.25. The topological polar surface area (TPSA) is 85.4 Å². The zero-order chi connectivity index (χ0) is 17.0. The van der Waals surface area contributed by atoms with Gasteiger partial charge in [-0.25, -0.2) is 8.78 Å². The van der Waals surface area contributed by atoms with Gasteiger partial charge in [-0.15, -0.1) is 0 Å². The number of esters is 1. The van der Waals surface area contributed by atoms with Crippen LogP contribution < -0.4 is 5.73 Å². The number of nitrogens with two attached hydrogens (primary N) is 1. The van der Waals surface area contributed by atoms with Gasteiger partial charge in [0.05, 0.1) is 12.1 Å². The lowest BCUT2D eigenvalue weighted by Gasteiger charge is -2.14. The SMILES string of the molecule is NCC(=O)OCc1ncc(-c2cccc(Cl)c2)c(C(F)F)c1O. The fraction of sp³-hybridized carbons (Fsp3) is 0.200. The molecule has 0 aliphatic rings. The normalized spacial score (nSPS) is 10.8. The van der Waals surface area contributed by atoms with Crippen molar-refractivity contribution in [2.24, 2.45) is 5.73 Å². The fourth-order valence-corrected chi connectivity index (χ4v) is 2.17. The zero-order valence-corrected chi connectivity index (χ0v) is 12.6. The first-order valence-corrected chi connectivity index (χ1v) is 6.92. The summed E-state index contributed by atoms with van der Waals surface area (Å²) >= 11 is 5.86. The van der Waals surface area contributed by atoms with Crippen molar-refractivity contribution in [1.82, 2.24) is 4.98 Å². The molecule has 8 heteroatoms. The van der Waals surface area contributed by atoms with E-state index in [0.717, 1.165) is 0 Å². The highest BCUT2D eigenvalue weighted by Gasteiger charge is 2.23. The van der Waals surface area contributed by atoms with E-state index in [1.807, 2.05) is 0 Å². The molecule has 0 saturated heterocycles. The van der Waals surface area contributed by atoms with Gasteiger partial charge in [0.2, 0.25) is 0 Å². The van der Waals surface area contributed by atoms with Crippen molar-refractivity contribution in [2.75, 3.05) is 6.54 Å². The van der Waals surface area contributed by atoms with E-state index >= 15 is 0 Å². The zero-order valence-electron chi connectivity index (χ0n) is 11.8. The summed E-state index contributed by atoms with van der Waals surface area (Å²) in [5, 5.41) is 10.4. The lowest BCUT2D eigenvalue weighted by atomic mass is 10.0. The third-order valence-corrected chi connectivity index (χ3v) is 3.29. The number of nitrogens with zero attached hydrogens (tertiary/aromatic N) is 1. The predicted molar refractivity (Wildman–Crippen MR) is 80.2 cm³/mol. The molecule has 0 spiro atoms. The van der Waals surface area contributed by atoms with Gasteiger partial charge in [-0.05, 0) is 17.7 Å². The van der Waals surface area contributed by atoms with Gasteiger partial charge in [-0.2, -0.15) is 0 Å². The molecule has 0 radical (unpaired) electrons. The monoisotopic (exact) mass is 342 g/mol. The van der Waals surface area contributed by atoms with E-state index in [1.165, 1.54) is 12.3 Å². The van der Waals surface area contributed by atoms with Gasteiger partial charge in [-0.1, -0.05) is 23.7 Å². The van der Waals surface area contributed by atoms with E-state index in [4.69, 9.17) is 22.1 Å². The maximum absolute atomic E-state index is 13.4. The molecular formula is C15H13ClF2N2O3. The molecule has 0 atom stereocenters. The maximum Gasteiger partial charge on any atom is 0.320 e. The number of hydrogen-bond acceptors (Lipinski definition) is 5. The number of pyridine rings is 1. The van der Waals surface area contributed by atoms with Crippen LogP contribution in [-0.4, -0.2) is 22.6 Å². The van der Waals surface area contributed by atoms with Crippen molar-refractivity contribution in [3.05, 3.63) is 46.7 Å². The van der Waals surface area contributed by atoms with Crippen LogP contribution in [0.15, 0.2) is 30.5 Å². The van der Waals surface area contributed by atoms with Crippen LogP contribution in [0.5, 0.6) is 5.75 Å². The van der Waals surface area contributed by atoms with Crippen molar-refractivity contribution in [2.45, 2.75) is 13.0 Å². The molecule has 0 amide bonds. The first kappa shape index (κ1) is 17.1. The highest BCUT2D eigenvalue weighted by Crippen LogP contribution is 2.39. The van der Waals surface area contributed by atoms with Crippen molar-refractivity contribution in [1.29, 1.82) is 0 Å². The molecule has 0 bridgehead atoms. The maximum atomic E-state index is 13.4. The number of benzene rings is 1. The first-order valence-electron chi connectivity index (χ1n) is 6.54. The summed E-state index contributed by atoms with van der Waals surface area (Å²) in [7, 11) is 0. The molecule has 0 unspecified atom stereocenters. The van der Waals surface area contributed by atoms with E-state index in [1.54, 1.807) is 18.2 Å². The highest BCUT2D eigenvalue weighted by molar-refractivity contribution is 6.30. The minimum absolute atomic E-state index is 0.0499. The molecule has 2 rings (SSSR count). The van der Waals surface area contributed by atoms with Crippen LogP contribution in [-0.2, 0) is 16.1 Å². The van der Waals surface area contributed by atoms with E-state index in [9.17, 15) is 18.7 Å². The predicted octanol–water partition coefficient (Wildman–Crippen LogP) is 3.05. The lowest BCUT2D eigenvalue weighted by molar-refractivity contribution is -0.143. The first-order chi connectivity index (χ1) is 10.9. The van der Waals surface area contributed by atoms with Crippen LogP contribution in [0.25, 0.3) is 11.1 Å². The van der Waals surface area contributed by atoms with Crippen LogP contribution in [0.4, 0.5) is 8.78 Å². The Kier molecular flexibility index (Phi) is 5.46. The summed E-state index contributed by atoms with van der Waals surface area (Å²) in [4.78, 5) is 14.9. The summed E-state index contributed by atoms with van der Waals surface area (Å²) in [5.41, 5.74) is 4.75. The van der Waals surface area contributed by atoms with Gasteiger partial charge in [0.15, 0.2) is 0 Å². The molecule has 0 fully saturated rings. The molecular weight excluding hydrogens is 330 g/mol. The van der Waals surface area contributed by atoms with Crippen LogP contribution >= 0.6 is 11.6 Å². The summed E-state index contributed by atoms with van der Waals surface area (Å²) in [6.07, 6.45) is -1.77. The molecule has 23 heavy (non-hydrogen) atoms. The highest BCUT2D eigenvalue weighted by atomic mass is 35.5. The van der Waals surface area contributed by atoms with E-state index in [0.29, 0.717) is 10.6 Å². The second-order valence-electron chi connectivity index (χ2n) is 4.56. The van der Waals surface area contributed by atoms with Crippen LogP contribution in [0, 0.1) is 0 Å². The quantitative estimate of drug-likeness (QED) is 0.816. The van der Waals surface area contributed by atoms with Gasteiger partial charge in [0.25, 0.3) is 6.43 Å². The van der Waals surface area contributed by atoms with Crippen LogP contribution in [0.3, 0.4) is 0 Å². The number of aromatic hydroxyl groups is 1. The fourth-order valence-electron chi connectivity index (χ4n) is 1.98. The molecule has 2 aromatic rings. The number of hydrogen-bond donors (Lipinski definition) is 2. The largest absolute Gasteiger partial charge is 0.505 e. The van der Waals surface area contributed by atoms with E-state index < -0.39 is 30.3 Å². The number of alkyl halides is 2. The Morgan fingerprint density at radius 3 is 2.78 bits per heavy atom. The van der Waals surface area contributed by atoms with Crippen LogP contribution in [0.1, 0.15) is 17.7 Å². The van der Waals surface area contributed by atoms with Crippen LogP contribution in [0.2, 0.25) is 5.02 Å². The molecule has 0 saturated carbocycles. The Balaban J connectivity index is 2.45. The second kappa shape index (κ2) is 7.34. The van der Waals surface area contributed by atoms with Crippen molar-refractivity contribution >= 4 is 17.6 Å². The number of carbonyl (C=O) groups excluding carboxylic acids is 1. The van der Waals surface area contributed by atoms with Crippen molar-refractivity contribution in [3.63, 3.8) is 0 Å². The number of rotatable bonds is 5. The summed E-state index contributed by atoms with van der Waals surface area (Å²) < 4.78 is 31.4. The van der Waals surface area contributed by atoms with Gasteiger partial charge >= 0.3 is 5.97 Å². The van der Waals surface area contributed by atoms with Gasteiger partial charge in [0.1, 0.15) is 18.1 Å². The third kappa shape index (κ3) is 3.94. The van der Waals surface area contributed by atoms with Crippen molar-refractivity contribution < 1.29 is 23.4 Å². The van der Waals surface area contributed by atoms with Gasteiger partial charge in [-0.3, -0.25) is 9.78 Å². The molecule has 5 nitrogen and oxygen atoms in total. The Morgan fingerprint density at radius 1 is 1.43 bits per heavy atom. The van der Waals surface area contributed by atoms with E-state index in [2.05, 4.69) is 4.98 Å². The Bertz CT molecular complexity index is 726. The van der Waals surface area contributed by atoms with Gasteiger partial charge < -0.3 is 15.6 Å². The minimum atomic E-state index is -2.95. The smallest absolute Gasteiger partial charge is 0.320 e. The standard InChI is InChI=1S/C15H13ClF2N2O3/c16-9-3-1-2-8(4-9)10-6-20-11(7-23-12(21)5-19)14(22)13(10)15(17)18/h1-4,6,15,22H,5,7,19H2. The Morgan fingerprint density at radius 2 is 2.17 bits per heavy atom. The lowest BCUT2D eigenvalue weighted by Crippen LogP contribution is -2.17. The molecule has 1 aromatic carbocycles. The van der Waals surface area contributed by atoms with Crippen molar-refractivity contribution in [3.8, 4) is 16.9 Å². The van der Waals surface area contributed by atoms with Gasteiger partial charge in [0, 0.05) is 16.8 Å². The molecule has 0 aliphatic carbocycles. The average Bonchev–Trinajstić information content (AvgIpc) is 2.52. The number of carbonyl (C=O) groups is 1. The molecule has 3 N–H and O–H groups in total. The minimum Gasteiger partial charge on any atom is -0.505 e. The van der Waals surface area contributed by atoms with E-state index in [-0.39, 0.29) is 17.8 Å². The second-order valence-corrected chi connectivity index (χ2v) is 4.99. The number of ether oxygens (including phenoxy) is 1. The summed E-state index contributed by atoms with van der Waals surface area (Å²) in [6.45, 7) is -0.805. The average molecular weight is 343 g/mol. The number of aromatic nitrogens is 1. The molecule has 1 aromatic heterocycles. The number of halogens is 3. The summed E-state index contributed by atoms with van der Waals surface area (Å²) in [5.74, 6) is -1.45. The molecule has 0 aliphatic heterocycles. The molecule has 1 heterocycles. The molecule has 122 valence electrons.